The fourth-order valence-electron chi connectivity index (χ4n) is 1.37. The van der Waals surface area contributed by atoms with Crippen molar-refractivity contribution in [3.63, 3.8) is 0 Å². The van der Waals surface area contributed by atoms with Gasteiger partial charge in [-0.15, -0.1) is 0 Å². The zero-order valence-corrected chi connectivity index (χ0v) is 11.5. The Bertz CT molecular complexity index is 568. The second-order valence-corrected chi connectivity index (χ2v) is 8.48. The summed E-state index contributed by atoms with van der Waals surface area (Å²) in [6.45, 7) is 1.88. The lowest BCUT2D eigenvalue weighted by molar-refractivity contribution is 0.592. The molecule has 1 rings (SSSR count). The van der Waals surface area contributed by atoms with E-state index in [9.17, 15) is 16.8 Å². The Labute approximate surface area is 103 Å². The van der Waals surface area contributed by atoms with Crippen LogP contribution in [0.3, 0.4) is 0 Å². The first-order valence-electron chi connectivity index (χ1n) is 5.18. The molecule has 0 atom stereocenters. The van der Waals surface area contributed by atoms with Crippen molar-refractivity contribution in [2.45, 2.75) is 18.2 Å². The lowest BCUT2D eigenvalue weighted by Gasteiger charge is -2.04. The predicted molar refractivity (Wildman–Crippen MR) is 67.6 cm³/mol. The van der Waals surface area contributed by atoms with Crippen molar-refractivity contribution < 1.29 is 16.8 Å². The van der Waals surface area contributed by atoms with Crippen LogP contribution in [0.4, 0.5) is 0 Å². The van der Waals surface area contributed by atoms with Crippen molar-refractivity contribution in [2.75, 3.05) is 17.8 Å². The first-order valence-corrected chi connectivity index (χ1v) is 8.89. The Morgan fingerprint density at radius 1 is 0.941 bits per heavy atom. The number of aryl methyl sites for hydroxylation is 1. The van der Waals surface area contributed by atoms with Crippen molar-refractivity contribution in [1.82, 2.24) is 0 Å². The normalized spacial score (nSPS) is 12.6. The molecule has 17 heavy (non-hydrogen) atoms. The smallest absolute Gasteiger partial charge is 0.178 e. The minimum Gasteiger partial charge on any atom is -0.229 e. The maximum absolute atomic E-state index is 11.8. The van der Waals surface area contributed by atoms with Gasteiger partial charge in [-0.1, -0.05) is 17.7 Å². The van der Waals surface area contributed by atoms with Crippen LogP contribution in [-0.2, 0) is 19.7 Å². The van der Waals surface area contributed by atoms with Gasteiger partial charge in [0.2, 0.25) is 0 Å². The van der Waals surface area contributed by atoms with Gasteiger partial charge in [0.15, 0.2) is 9.84 Å². The average molecular weight is 276 g/mol. The summed E-state index contributed by atoms with van der Waals surface area (Å²) in [5.41, 5.74) is 0.986. The van der Waals surface area contributed by atoms with Crippen LogP contribution in [-0.4, -0.2) is 34.6 Å². The summed E-state index contributed by atoms with van der Waals surface area (Å²) >= 11 is 0. The molecule has 0 radical (unpaired) electrons. The van der Waals surface area contributed by atoms with E-state index in [-0.39, 0.29) is 22.8 Å². The molecule has 0 heterocycles. The van der Waals surface area contributed by atoms with Crippen LogP contribution in [0.5, 0.6) is 0 Å². The third-order valence-corrected chi connectivity index (χ3v) is 5.16. The molecular weight excluding hydrogens is 260 g/mol. The van der Waals surface area contributed by atoms with Crippen LogP contribution in [0.25, 0.3) is 0 Å². The minimum absolute atomic E-state index is 0.0991. The third kappa shape index (κ3) is 4.87. The van der Waals surface area contributed by atoms with Gasteiger partial charge >= 0.3 is 0 Å². The van der Waals surface area contributed by atoms with Gasteiger partial charge in [-0.05, 0) is 25.5 Å². The van der Waals surface area contributed by atoms with Gasteiger partial charge in [-0.25, -0.2) is 16.8 Å². The minimum atomic E-state index is -3.36. The molecule has 4 nitrogen and oxygen atoms in total. The number of sulfone groups is 2. The number of hydrogen-bond donors (Lipinski definition) is 0. The molecule has 1 aromatic rings. The standard InChI is InChI=1S/C11H16O4S2/c1-10-4-6-11(7-5-10)17(14,15)9-3-8-16(2,12)13/h4-7H,3,8-9H2,1-2H3. The average Bonchev–Trinajstić information content (AvgIpc) is 2.15. The Kier molecular flexibility index (Phi) is 4.32. The molecule has 0 aliphatic carbocycles. The maximum atomic E-state index is 11.8. The molecule has 0 aliphatic heterocycles. The molecule has 6 heteroatoms. The summed E-state index contributed by atoms with van der Waals surface area (Å²) in [5.74, 6) is -0.235. The molecular formula is C11H16O4S2. The molecule has 0 fully saturated rings. The lowest BCUT2D eigenvalue weighted by Crippen LogP contribution is -2.12. The Morgan fingerprint density at radius 3 is 1.94 bits per heavy atom. The summed E-state index contributed by atoms with van der Waals surface area (Å²) in [7, 11) is -6.46. The van der Waals surface area contributed by atoms with E-state index in [1.165, 1.54) is 0 Å². The Morgan fingerprint density at radius 2 is 1.47 bits per heavy atom. The van der Waals surface area contributed by atoms with E-state index >= 15 is 0 Å². The topological polar surface area (TPSA) is 68.3 Å². The molecule has 0 saturated carbocycles. The van der Waals surface area contributed by atoms with Crippen molar-refractivity contribution >= 4 is 19.7 Å². The molecule has 0 N–H and O–H groups in total. The summed E-state index contributed by atoms with van der Waals surface area (Å²) in [4.78, 5) is 0.247. The van der Waals surface area contributed by atoms with Crippen LogP contribution in [0.15, 0.2) is 29.2 Å². The van der Waals surface area contributed by atoms with E-state index in [0.717, 1.165) is 11.8 Å². The van der Waals surface area contributed by atoms with Gasteiger partial charge in [0.05, 0.1) is 16.4 Å². The van der Waals surface area contributed by atoms with Crippen molar-refractivity contribution in [3.05, 3.63) is 29.8 Å². The van der Waals surface area contributed by atoms with Gasteiger partial charge in [-0.2, -0.15) is 0 Å². The van der Waals surface area contributed by atoms with E-state index in [0.29, 0.717) is 0 Å². The molecule has 0 unspecified atom stereocenters. The highest BCUT2D eigenvalue weighted by Gasteiger charge is 2.15. The molecule has 0 amide bonds. The zero-order chi connectivity index (χ0) is 13.1. The van der Waals surface area contributed by atoms with E-state index < -0.39 is 19.7 Å². The summed E-state index contributed by atoms with van der Waals surface area (Å²) in [6.07, 6.45) is 1.24. The number of benzene rings is 1. The highest BCUT2D eigenvalue weighted by molar-refractivity contribution is 7.92. The Hall–Kier alpha value is -0.880. The summed E-state index contributed by atoms with van der Waals surface area (Å²) in [5, 5.41) is 0. The largest absolute Gasteiger partial charge is 0.229 e. The van der Waals surface area contributed by atoms with Gasteiger partial charge < -0.3 is 0 Å². The van der Waals surface area contributed by atoms with Crippen molar-refractivity contribution in [2.24, 2.45) is 0 Å². The molecule has 0 aliphatic rings. The van der Waals surface area contributed by atoms with Crippen LogP contribution >= 0.6 is 0 Å². The van der Waals surface area contributed by atoms with Gasteiger partial charge in [0, 0.05) is 6.26 Å². The van der Waals surface area contributed by atoms with Gasteiger partial charge in [0.25, 0.3) is 0 Å². The van der Waals surface area contributed by atoms with Gasteiger partial charge in [-0.3, -0.25) is 0 Å². The molecule has 0 spiro atoms. The molecule has 0 aromatic heterocycles. The SMILES string of the molecule is Cc1ccc(S(=O)(=O)CCCS(C)(=O)=O)cc1. The van der Waals surface area contributed by atoms with Crippen LogP contribution in [0.1, 0.15) is 12.0 Å². The maximum Gasteiger partial charge on any atom is 0.178 e. The molecule has 96 valence electrons. The monoisotopic (exact) mass is 276 g/mol. The third-order valence-electron chi connectivity index (χ3n) is 2.31. The lowest BCUT2D eigenvalue weighted by atomic mass is 10.2. The fraction of sp³-hybridized carbons (Fsp3) is 0.455. The second-order valence-electron chi connectivity index (χ2n) is 4.12. The van der Waals surface area contributed by atoms with Crippen LogP contribution in [0.2, 0.25) is 0 Å². The van der Waals surface area contributed by atoms with E-state index in [2.05, 4.69) is 0 Å². The zero-order valence-electron chi connectivity index (χ0n) is 9.88. The van der Waals surface area contributed by atoms with E-state index in [4.69, 9.17) is 0 Å². The summed E-state index contributed by atoms with van der Waals surface area (Å²) < 4.78 is 45.5. The van der Waals surface area contributed by atoms with Crippen molar-refractivity contribution in [3.8, 4) is 0 Å². The fourth-order valence-corrected chi connectivity index (χ4v) is 3.54. The summed E-state index contributed by atoms with van der Waals surface area (Å²) in [6, 6.07) is 6.54. The van der Waals surface area contributed by atoms with Gasteiger partial charge in [0.1, 0.15) is 9.84 Å². The van der Waals surface area contributed by atoms with E-state index in [1.54, 1.807) is 24.3 Å². The van der Waals surface area contributed by atoms with Crippen LogP contribution in [0, 0.1) is 6.92 Å². The number of hydrogen-bond acceptors (Lipinski definition) is 4. The molecule has 0 bridgehead atoms. The molecule has 0 saturated heterocycles. The number of rotatable bonds is 5. The highest BCUT2D eigenvalue weighted by atomic mass is 32.2. The van der Waals surface area contributed by atoms with E-state index in [1.807, 2.05) is 6.92 Å². The highest BCUT2D eigenvalue weighted by Crippen LogP contribution is 2.13. The first-order chi connectivity index (χ1) is 7.71. The van der Waals surface area contributed by atoms with Crippen LogP contribution < -0.4 is 0 Å². The second kappa shape index (κ2) is 5.18. The first kappa shape index (κ1) is 14.2. The molecule has 1 aromatic carbocycles. The Balaban J connectivity index is 2.73. The van der Waals surface area contributed by atoms with Crippen molar-refractivity contribution in [1.29, 1.82) is 0 Å². The predicted octanol–water partition coefficient (Wildman–Crippen LogP) is 1.20. The quantitative estimate of drug-likeness (QED) is 0.810.